The molecule has 8 nitrogen and oxygen atoms in total. The number of amides is 1. The standard InChI is InChI=1S/C17H17N3O5/c1-2-12-3-6-15(7-4-12)25-11-17(22)19-18-10-13-9-14(20(23)24)5-8-16(13)21/h3-10,21H,2,11H2,1H3,(H,19,22). The Labute approximate surface area is 143 Å². The molecule has 2 aromatic rings. The van der Waals surface area contributed by atoms with Gasteiger partial charge in [-0.15, -0.1) is 0 Å². The van der Waals surface area contributed by atoms with Gasteiger partial charge < -0.3 is 9.84 Å². The maximum atomic E-state index is 11.7. The fourth-order valence-electron chi connectivity index (χ4n) is 1.94. The minimum atomic E-state index is -0.590. The van der Waals surface area contributed by atoms with Gasteiger partial charge in [0.05, 0.1) is 11.1 Å². The summed E-state index contributed by atoms with van der Waals surface area (Å²) in [7, 11) is 0. The molecule has 2 N–H and O–H groups in total. The lowest BCUT2D eigenvalue weighted by Gasteiger charge is -2.05. The van der Waals surface area contributed by atoms with E-state index in [9.17, 15) is 20.0 Å². The second-order valence-electron chi connectivity index (χ2n) is 5.08. The van der Waals surface area contributed by atoms with Crippen LogP contribution in [0, 0.1) is 10.1 Å². The van der Waals surface area contributed by atoms with Crippen LogP contribution >= 0.6 is 0 Å². The van der Waals surface area contributed by atoms with Gasteiger partial charge in [0.2, 0.25) is 0 Å². The van der Waals surface area contributed by atoms with E-state index in [-0.39, 0.29) is 23.6 Å². The molecule has 8 heteroatoms. The van der Waals surface area contributed by atoms with Gasteiger partial charge in [0.15, 0.2) is 6.61 Å². The van der Waals surface area contributed by atoms with Crippen LogP contribution in [-0.2, 0) is 11.2 Å². The topological polar surface area (TPSA) is 114 Å². The summed E-state index contributed by atoms with van der Waals surface area (Å²) in [5.41, 5.74) is 3.32. The first-order chi connectivity index (χ1) is 12.0. The van der Waals surface area contributed by atoms with Crippen LogP contribution in [-0.4, -0.2) is 28.8 Å². The van der Waals surface area contributed by atoms with Crippen LogP contribution in [0.1, 0.15) is 18.1 Å². The van der Waals surface area contributed by atoms with E-state index in [1.165, 1.54) is 12.1 Å². The third-order valence-corrected chi connectivity index (χ3v) is 3.32. The summed E-state index contributed by atoms with van der Waals surface area (Å²) in [6, 6.07) is 10.9. The molecule has 130 valence electrons. The van der Waals surface area contributed by atoms with Gasteiger partial charge >= 0.3 is 0 Å². The number of nitro groups is 1. The van der Waals surface area contributed by atoms with Crippen molar-refractivity contribution in [1.82, 2.24) is 5.43 Å². The normalized spacial score (nSPS) is 10.6. The zero-order valence-corrected chi connectivity index (χ0v) is 13.5. The fourth-order valence-corrected chi connectivity index (χ4v) is 1.94. The summed E-state index contributed by atoms with van der Waals surface area (Å²) in [5, 5.41) is 24.0. The van der Waals surface area contributed by atoms with E-state index in [4.69, 9.17) is 4.74 Å². The van der Waals surface area contributed by atoms with Crippen molar-refractivity contribution < 1.29 is 19.6 Å². The molecule has 0 bridgehead atoms. The summed E-state index contributed by atoms with van der Waals surface area (Å²) < 4.78 is 5.32. The molecule has 0 atom stereocenters. The number of hydrazone groups is 1. The molecule has 0 aliphatic carbocycles. The van der Waals surface area contributed by atoms with Crippen LogP contribution in [0.4, 0.5) is 5.69 Å². The van der Waals surface area contributed by atoms with Crippen molar-refractivity contribution in [2.45, 2.75) is 13.3 Å². The van der Waals surface area contributed by atoms with Crippen molar-refractivity contribution in [3.05, 3.63) is 63.7 Å². The van der Waals surface area contributed by atoms with Crippen LogP contribution in [0.15, 0.2) is 47.6 Å². The van der Waals surface area contributed by atoms with Crippen molar-refractivity contribution in [3.63, 3.8) is 0 Å². The average Bonchev–Trinajstić information content (AvgIpc) is 2.61. The predicted octanol–water partition coefficient (Wildman–Crippen LogP) is 2.39. The second-order valence-corrected chi connectivity index (χ2v) is 5.08. The Morgan fingerprint density at radius 2 is 2.04 bits per heavy atom. The Morgan fingerprint density at radius 1 is 1.32 bits per heavy atom. The number of aromatic hydroxyl groups is 1. The number of hydrogen-bond donors (Lipinski definition) is 2. The first kappa shape index (κ1) is 17.9. The summed E-state index contributed by atoms with van der Waals surface area (Å²) in [4.78, 5) is 21.8. The van der Waals surface area contributed by atoms with Crippen molar-refractivity contribution >= 4 is 17.8 Å². The van der Waals surface area contributed by atoms with Gasteiger partial charge in [0.1, 0.15) is 11.5 Å². The molecular formula is C17H17N3O5. The van der Waals surface area contributed by atoms with E-state index in [0.717, 1.165) is 24.3 Å². The van der Waals surface area contributed by atoms with Gasteiger partial charge in [-0.3, -0.25) is 14.9 Å². The Balaban J connectivity index is 1.87. The van der Waals surface area contributed by atoms with Crippen molar-refractivity contribution in [2.75, 3.05) is 6.61 Å². The number of nitro benzene ring substituents is 1. The van der Waals surface area contributed by atoms with E-state index in [1.807, 2.05) is 19.1 Å². The van der Waals surface area contributed by atoms with Gasteiger partial charge in [-0.2, -0.15) is 5.10 Å². The molecule has 2 rings (SSSR count). The number of ether oxygens (including phenoxy) is 1. The molecule has 0 saturated heterocycles. The number of non-ortho nitro benzene ring substituents is 1. The molecule has 25 heavy (non-hydrogen) atoms. The summed E-state index contributed by atoms with van der Waals surface area (Å²) >= 11 is 0. The first-order valence-corrected chi connectivity index (χ1v) is 7.50. The van der Waals surface area contributed by atoms with Gasteiger partial charge in [-0.05, 0) is 30.2 Å². The lowest BCUT2D eigenvalue weighted by atomic mass is 10.2. The molecule has 2 aromatic carbocycles. The Bertz CT molecular complexity index is 787. The number of aryl methyl sites for hydroxylation is 1. The molecule has 0 aromatic heterocycles. The molecule has 0 unspecified atom stereocenters. The smallest absolute Gasteiger partial charge is 0.277 e. The molecule has 0 radical (unpaired) electrons. The number of rotatable bonds is 7. The quantitative estimate of drug-likeness (QED) is 0.455. The van der Waals surface area contributed by atoms with Crippen LogP contribution in [0.2, 0.25) is 0 Å². The molecule has 0 spiro atoms. The van der Waals surface area contributed by atoms with Gasteiger partial charge in [0, 0.05) is 17.7 Å². The van der Waals surface area contributed by atoms with E-state index in [0.29, 0.717) is 5.75 Å². The van der Waals surface area contributed by atoms with E-state index in [1.54, 1.807) is 12.1 Å². The maximum Gasteiger partial charge on any atom is 0.277 e. The number of phenols is 1. The predicted molar refractivity (Wildman–Crippen MR) is 91.8 cm³/mol. The minimum Gasteiger partial charge on any atom is -0.507 e. The molecule has 0 fully saturated rings. The largest absolute Gasteiger partial charge is 0.507 e. The molecule has 1 amide bonds. The Hall–Kier alpha value is -3.42. The van der Waals surface area contributed by atoms with E-state index >= 15 is 0 Å². The third kappa shape index (κ3) is 5.31. The summed E-state index contributed by atoms with van der Waals surface area (Å²) in [6.45, 7) is 1.81. The van der Waals surface area contributed by atoms with E-state index < -0.39 is 10.8 Å². The number of nitrogens with one attached hydrogen (secondary N) is 1. The van der Waals surface area contributed by atoms with Crippen molar-refractivity contribution in [3.8, 4) is 11.5 Å². The van der Waals surface area contributed by atoms with Crippen LogP contribution in [0.5, 0.6) is 11.5 Å². The number of phenolic OH excluding ortho intramolecular Hbond substituents is 1. The number of hydrogen-bond acceptors (Lipinski definition) is 6. The molecule has 0 aliphatic rings. The Morgan fingerprint density at radius 3 is 2.68 bits per heavy atom. The highest BCUT2D eigenvalue weighted by molar-refractivity contribution is 5.86. The highest BCUT2D eigenvalue weighted by atomic mass is 16.6. The summed E-state index contributed by atoms with van der Waals surface area (Å²) in [5.74, 6) is -0.121. The molecule has 0 saturated carbocycles. The van der Waals surface area contributed by atoms with Crippen molar-refractivity contribution in [1.29, 1.82) is 0 Å². The van der Waals surface area contributed by atoms with Crippen molar-refractivity contribution in [2.24, 2.45) is 5.10 Å². The lowest BCUT2D eigenvalue weighted by molar-refractivity contribution is -0.384. The highest BCUT2D eigenvalue weighted by Gasteiger charge is 2.09. The van der Waals surface area contributed by atoms with Gasteiger partial charge in [-0.25, -0.2) is 5.43 Å². The number of benzene rings is 2. The van der Waals surface area contributed by atoms with Crippen LogP contribution in [0.25, 0.3) is 0 Å². The first-order valence-electron chi connectivity index (χ1n) is 7.50. The maximum absolute atomic E-state index is 11.7. The SMILES string of the molecule is CCc1ccc(OCC(=O)NN=Cc2cc([N+](=O)[O-])ccc2O)cc1. The van der Waals surface area contributed by atoms with E-state index in [2.05, 4.69) is 10.5 Å². The lowest BCUT2D eigenvalue weighted by Crippen LogP contribution is -2.24. The third-order valence-electron chi connectivity index (χ3n) is 3.32. The number of carbonyl (C=O) groups is 1. The number of carbonyl (C=O) groups excluding carboxylic acids is 1. The van der Waals surface area contributed by atoms with Gasteiger partial charge in [0.25, 0.3) is 11.6 Å². The summed E-state index contributed by atoms with van der Waals surface area (Å²) in [6.07, 6.45) is 2.04. The van der Waals surface area contributed by atoms with Crippen LogP contribution < -0.4 is 10.2 Å². The molecule has 0 aliphatic heterocycles. The highest BCUT2D eigenvalue weighted by Crippen LogP contribution is 2.21. The average molecular weight is 343 g/mol. The Kier molecular flexibility index (Phi) is 6.05. The van der Waals surface area contributed by atoms with Gasteiger partial charge in [-0.1, -0.05) is 19.1 Å². The zero-order chi connectivity index (χ0) is 18.2. The molecular weight excluding hydrogens is 326 g/mol. The minimum absolute atomic E-state index is 0.116. The monoisotopic (exact) mass is 343 g/mol. The number of nitrogens with zero attached hydrogens (tertiary/aromatic N) is 2. The fraction of sp³-hybridized carbons (Fsp3) is 0.176. The van der Waals surface area contributed by atoms with Crippen LogP contribution in [0.3, 0.4) is 0 Å². The zero-order valence-electron chi connectivity index (χ0n) is 13.5. The second kappa shape index (κ2) is 8.44. The molecule has 0 heterocycles.